The molecule has 1 saturated heterocycles. The van der Waals surface area contributed by atoms with Gasteiger partial charge in [-0.25, -0.2) is 4.39 Å². The van der Waals surface area contributed by atoms with Crippen LogP contribution in [0.4, 0.5) is 4.39 Å². The van der Waals surface area contributed by atoms with Gasteiger partial charge in [0, 0.05) is 6.54 Å². The average Bonchev–Trinajstić information content (AvgIpc) is 2.43. The molecule has 1 heterocycles. The Balaban J connectivity index is 2.06. The summed E-state index contributed by atoms with van der Waals surface area (Å²) in [6.07, 6.45) is 1.12. The molecule has 0 aromatic heterocycles. The predicted molar refractivity (Wildman–Crippen MR) is 73.5 cm³/mol. The highest BCUT2D eigenvalue weighted by molar-refractivity contribution is 5.96. The second-order valence-electron chi connectivity index (χ2n) is 5.06. The number of nitrogens with one attached hydrogen (secondary N) is 1. The summed E-state index contributed by atoms with van der Waals surface area (Å²) in [6.45, 7) is 4.00. The van der Waals surface area contributed by atoms with E-state index < -0.39 is 12.1 Å². The number of carbonyl (C=O) groups is 2. The van der Waals surface area contributed by atoms with Gasteiger partial charge in [0.1, 0.15) is 17.9 Å². The van der Waals surface area contributed by atoms with E-state index in [4.69, 9.17) is 0 Å². The first kappa shape index (κ1) is 14.5. The minimum absolute atomic E-state index is 0.0593. The third-order valence-corrected chi connectivity index (χ3v) is 3.68. The third-order valence-electron chi connectivity index (χ3n) is 3.68. The molecule has 0 saturated carbocycles. The van der Waals surface area contributed by atoms with Crippen LogP contribution < -0.4 is 5.32 Å². The van der Waals surface area contributed by atoms with Crippen LogP contribution in [0.25, 0.3) is 0 Å². The van der Waals surface area contributed by atoms with E-state index in [1.54, 1.807) is 17.9 Å². The van der Waals surface area contributed by atoms with Crippen LogP contribution in [-0.4, -0.2) is 35.3 Å². The van der Waals surface area contributed by atoms with Gasteiger partial charge in [-0.05, 0) is 37.5 Å². The largest absolute Gasteiger partial charge is 0.343 e. The van der Waals surface area contributed by atoms with Gasteiger partial charge in [0.2, 0.25) is 11.8 Å². The molecule has 2 atom stereocenters. The summed E-state index contributed by atoms with van der Waals surface area (Å²) in [5.41, 5.74) is 0.823. The first-order chi connectivity index (χ1) is 9.52. The first-order valence-electron chi connectivity index (χ1n) is 6.88. The number of halogens is 1. The molecule has 1 aromatic carbocycles. The highest BCUT2D eigenvalue weighted by Gasteiger charge is 2.36. The second-order valence-corrected chi connectivity index (χ2v) is 5.06. The van der Waals surface area contributed by atoms with E-state index >= 15 is 0 Å². The van der Waals surface area contributed by atoms with E-state index in [0.29, 0.717) is 19.4 Å². The number of hydrogen-bond acceptors (Lipinski definition) is 2. The Morgan fingerprint density at radius 3 is 2.75 bits per heavy atom. The number of rotatable bonds is 4. The normalized spacial score (nSPS) is 22.9. The summed E-state index contributed by atoms with van der Waals surface area (Å²) in [5, 5.41) is 2.71. The number of piperazine rings is 1. The van der Waals surface area contributed by atoms with Crippen molar-refractivity contribution in [3.63, 3.8) is 0 Å². The molecule has 1 aliphatic rings. The van der Waals surface area contributed by atoms with Gasteiger partial charge >= 0.3 is 0 Å². The zero-order valence-electron chi connectivity index (χ0n) is 11.7. The molecule has 108 valence electrons. The number of benzene rings is 1. The van der Waals surface area contributed by atoms with Gasteiger partial charge in [0.25, 0.3) is 0 Å². The van der Waals surface area contributed by atoms with Crippen molar-refractivity contribution in [2.45, 2.75) is 38.8 Å². The van der Waals surface area contributed by atoms with Gasteiger partial charge in [0.05, 0.1) is 0 Å². The van der Waals surface area contributed by atoms with Crippen LogP contribution in [-0.2, 0) is 16.0 Å². The minimum atomic E-state index is -0.473. The van der Waals surface area contributed by atoms with Crippen molar-refractivity contribution in [2.24, 2.45) is 0 Å². The van der Waals surface area contributed by atoms with Crippen molar-refractivity contribution in [3.8, 4) is 0 Å². The number of hydrogen-bond donors (Lipinski definition) is 1. The molecule has 0 bridgehead atoms. The van der Waals surface area contributed by atoms with Crippen LogP contribution in [0.2, 0.25) is 0 Å². The van der Waals surface area contributed by atoms with Crippen molar-refractivity contribution in [1.29, 1.82) is 0 Å². The summed E-state index contributed by atoms with van der Waals surface area (Å²) in [7, 11) is 0. The second kappa shape index (κ2) is 6.03. The number of amides is 2. The highest BCUT2D eigenvalue weighted by Crippen LogP contribution is 2.13. The smallest absolute Gasteiger partial charge is 0.245 e. The molecule has 2 unspecified atom stereocenters. The molecule has 20 heavy (non-hydrogen) atoms. The maximum absolute atomic E-state index is 13.1. The Kier molecular flexibility index (Phi) is 4.37. The fourth-order valence-corrected chi connectivity index (χ4v) is 2.41. The Labute approximate surface area is 118 Å². The van der Waals surface area contributed by atoms with E-state index in [2.05, 4.69) is 5.32 Å². The van der Waals surface area contributed by atoms with Crippen LogP contribution in [0.5, 0.6) is 0 Å². The SMILES string of the molecule is CCC1NC(=O)C(C)N(CCc2cccc(F)c2)C1=O. The number of nitrogens with zero attached hydrogens (tertiary/aromatic N) is 1. The van der Waals surface area contributed by atoms with Crippen molar-refractivity contribution in [3.05, 3.63) is 35.6 Å². The predicted octanol–water partition coefficient (Wildman–Crippen LogP) is 1.49. The number of carbonyl (C=O) groups excluding carboxylic acids is 2. The van der Waals surface area contributed by atoms with E-state index in [-0.39, 0.29) is 17.6 Å². The van der Waals surface area contributed by atoms with Crippen LogP contribution in [0.3, 0.4) is 0 Å². The topological polar surface area (TPSA) is 49.4 Å². The van der Waals surface area contributed by atoms with Crippen LogP contribution in [0, 0.1) is 5.82 Å². The molecule has 1 N–H and O–H groups in total. The lowest BCUT2D eigenvalue weighted by Crippen LogP contribution is -2.62. The van der Waals surface area contributed by atoms with Gasteiger partial charge in [-0.2, -0.15) is 0 Å². The Hall–Kier alpha value is -1.91. The molecule has 0 spiro atoms. The summed E-state index contributed by atoms with van der Waals surface area (Å²) in [4.78, 5) is 25.6. The van der Waals surface area contributed by atoms with Crippen LogP contribution in [0.15, 0.2) is 24.3 Å². The lowest BCUT2D eigenvalue weighted by atomic mass is 10.0. The molecule has 2 amide bonds. The van der Waals surface area contributed by atoms with Gasteiger partial charge in [-0.3, -0.25) is 9.59 Å². The fraction of sp³-hybridized carbons (Fsp3) is 0.467. The van der Waals surface area contributed by atoms with E-state index in [1.165, 1.54) is 12.1 Å². The van der Waals surface area contributed by atoms with Gasteiger partial charge in [-0.15, -0.1) is 0 Å². The Morgan fingerprint density at radius 2 is 2.10 bits per heavy atom. The lowest BCUT2D eigenvalue weighted by molar-refractivity contribution is -0.148. The average molecular weight is 278 g/mol. The minimum Gasteiger partial charge on any atom is -0.343 e. The monoisotopic (exact) mass is 278 g/mol. The quantitative estimate of drug-likeness (QED) is 0.907. The van der Waals surface area contributed by atoms with Gasteiger partial charge in [-0.1, -0.05) is 19.1 Å². The molecule has 0 radical (unpaired) electrons. The molecule has 2 rings (SSSR count). The van der Waals surface area contributed by atoms with Crippen molar-refractivity contribution >= 4 is 11.8 Å². The van der Waals surface area contributed by atoms with Crippen LogP contribution in [0.1, 0.15) is 25.8 Å². The molecule has 1 aromatic rings. The summed E-state index contributed by atoms with van der Waals surface area (Å²) < 4.78 is 13.1. The molecule has 4 nitrogen and oxygen atoms in total. The molecule has 1 fully saturated rings. The van der Waals surface area contributed by atoms with Crippen molar-refractivity contribution in [2.75, 3.05) is 6.54 Å². The summed E-state index contributed by atoms with van der Waals surface area (Å²) in [6, 6.07) is 5.40. The van der Waals surface area contributed by atoms with Gasteiger partial charge < -0.3 is 10.2 Å². The first-order valence-corrected chi connectivity index (χ1v) is 6.88. The van der Waals surface area contributed by atoms with E-state index in [9.17, 15) is 14.0 Å². The molecular weight excluding hydrogens is 259 g/mol. The molecular formula is C15H19FN2O2. The zero-order chi connectivity index (χ0) is 14.7. The third kappa shape index (κ3) is 2.98. The lowest BCUT2D eigenvalue weighted by Gasteiger charge is -2.37. The maximum Gasteiger partial charge on any atom is 0.245 e. The Morgan fingerprint density at radius 1 is 1.35 bits per heavy atom. The Bertz CT molecular complexity index is 518. The zero-order valence-corrected chi connectivity index (χ0v) is 11.7. The fourth-order valence-electron chi connectivity index (χ4n) is 2.41. The van der Waals surface area contributed by atoms with E-state index in [1.807, 2.05) is 13.0 Å². The van der Waals surface area contributed by atoms with E-state index in [0.717, 1.165) is 5.56 Å². The molecule has 1 aliphatic heterocycles. The van der Waals surface area contributed by atoms with Crippen molar-refractivity contribution < 1.29 is 14.0 Å². The standard InChI is InChI=1S/C15H19FN2O2/c1-3-13-15(20)18(10(2)14(19)17-13)8-7-11-5-4-6-12(16)9-11/h4-6,9-10,13H,3,7-8H2,1-2H3,(H,17,19). The van der Waals surface area contributed by atoms with Gasteiger partial charge in [0.15, 0.2) is 0 Å². The summed E-state index contributed by atoms with van der Waals surface area (Å²) >= 11 is 0. The molecule has 5 heteroatoms. The maximum atomic E-state index is 13.1. The highest BCUT2D eigenvalue weighted by atomic mass is 19.1. The molecule has 0 aliphatic carbocycles. The summed E-state index contributed by atoms with van der Waals surface area (Å²) in [5.74, 6) is -0.476. The van der Waals surface area contributed by atoms with Crippen molar-refractivity contribution in [1.82, 2.24) is 10.2 Å². The van der Waals surface area contributed by atoms with Crippen LogP contribution >= 0.6 is 0 Å².